The molecule has 162 valence electrons. The summed E-state index contributed by atoms with van der Waals surface area (Å²) in [5.41, 5.74) is 3.82. The molecule has 2 N–H and O–H groups in total. The van der Waals surface area contributed by atoms with Crippen LogP contribution in [0, 0.1) is 0 Å². The third kappa shape index (κ3) is 11.1. The first kappa shape index (κ1) is 25.8. The van der Waals surface area contributed by atoms with Crippen molar-refractivity contribution in [2.45, 2.75) is 53.4 Å². The molecule has 0 aliphatic carbocycles. The summed E-state index contributed by atoms with van der Waals surface area (Å²) in [4.78, 5) is 18.9. The van der Waals surface area contributed by atoms with Crippen LogP contribution in [-0.2, 0) is 22.7 Å². The normalized spacial score (nSPS) is 31.6. The van der Waals surface area contributed by atoms with Crippen molar-refractivity contribution < 1.29 is 32.5 Å². The Morgan fingerprint density at radius 2 is 1.39 bits per heavy atom. The average molecular weight is 454 g/mol. The highest BCUT2D eigenvalue weighted by molar-refractivity contribution is 7.88. The quantitative estimate of drug-likeness (QED) is 0.235. The van der Waals surface area contributed by atoms with Gasteiger partial charge in [-0.25, -0.2) is 4.31 Å². The summed E-state index contributed by atoms with van der Waals surface area (Å²) in [6, 6.07) is 0. The first-order chi connectivity index (χ1) is 12.8. The van der Waals surface area contributed by atoms with Gasteiger partial charge < -0.3 is 19.1 Å². The molecule has 1 aliphatic heterocycles. The Labute approximate surface area is 168 Å². The van der Waals surface area contributed by atoms with Gasteiger partial charge in [-0.3, -0.25) is 9.13 Å². The van der Waals surface area contributed by atoms with Gasteiger partial charge in [-0.1, -0.05) is 34.9 Å². The van der Waals surface area contributed by atoms with Crippen LogP contribution >= 0.6 is 22.3 Å². The van der Waals surface area contributed by atoms with Gasteiger partial charge in [0.1, 0.15) is 25.3 Å². The molecule has 28 heavy (non-hydrogen) atoms. The second-order valence-electron chi connectivity index (χ2n) is 7.66. The molecule has 0 spiro atoms. The van der Waals surface area contributed by atoms with E-state index in [2.05, 4.69) is 37.2 Å². The first-order valence-electron chi connectivity index (χ1n) is 9.27. The monoisotopic (exact) mass is 454 g/mol. The minimum atomic E-state index is -4.32. The molecule has 1 heterocycles. The van der Waals surface area contributed by atoms with Crippen molar-refractivity contribution in [1.29, 1.82) is 0 Å². The van der Waals surface area contributed by atoms with Gasteiger partial charge in [0.15, 0.2) is 0 Å². The SMILES string of the molecule is CC(C)=CCCC(C)=CCCC(C)=CCOCP1(=O)CP(=O)(O)OP(=O)(O)C1. The Kier molecular flexibility index (Phi) is 10.3. The Morgan fingerprint density at radius 1 is 0.893 bits per heavy atom. The summed E-state index contributed by atoms with van der Waals surface area (Å²) >= 11 is 0. The van der Waals surface area contributed by atoms with Gasteiger partial charge in [-0.05, 0) is 53.4 Å². The van der Waals surface area contributed by atoms with E-state index in [9.17, 15) is 23.5 Å². The van der Waals surface area contributed by atoms with E-state index in [0.717, 1.165) is 31.3 Å². The molecule has 1 aliphatic rings. The fourth-order valence-corrected chi connectivity index (χ4v) is 13.2. The molecule has 0 amide bonds. The predicted molar refractivity (Wildman–Crippen MR) is 114 cm³/mol. The molecule has 0 radical (unpaired) electrons. The average Bonchev–Trinajstić information content (AvgIpc) is 2.47. The lowest BCUT2D eigenvalue weighted by molar-refractivity contribution is 0.207. The van der Waals surface area contributed by atoms with Crippen LogP contribution in [0.25, 0.3) is 0 Å². The minimum Gasteiger partial charge on any atom is -0.370 e. The van der Waals surface area contributed by atoms with Crippen molar-refractivity contribution in [3.8, 4) is 0 Å². The Balaban J connectivity index is 2.38. The van der Waals surface area contributed by atoms with E-state index < -0.39 is 34.1 Å². The predicted octanol–water partition coefficient (Wildman–Crippen LogP) is 6.06. The second kappa shape index (κ2) is 11.2. The van der Waals surface area contributed by atoms with Gasteiger partial charge in [0, 0.05) is 0 Å². The van der Waals surface area contributed by atoms with Crippen molar-refractivity contribution in [2.24, 2.45) is 0 Å². The molecule has 1 saturated heterocycles. The fraction of sp³-hybridized carbons (Fsp3) is 0.667. The Bertz CT molecular complexity index is 735. The molecule has 0 aromatic heterocycles. The second-order valence-corrected chi connectivity index (χ2v) is 15.5. The lowest BCUT2D eigenvalue weighted by Crippen LogP contribution is -2.11. The number of rotatable bonds is 10. The van der Waals surface area contributed by atoms with E-state index in [-0.39, 0.29) is 13.0 Å². The van der Waals surface area contributed by atoms with Crippen LogP contribution in [0.5, 0.6) is 0 Å². The zero-order valence-corrected chi connectivity index (χ0v) is 19.8. The molecular weight excluding hydrogens is 421 g/mol. The molecule has 0 saturated carbocycles. The van der Waals surface area contributed by atoms with Crippen molar-refractivity contribution in [3.63, 3.8) is 0 Å². The number of allylic oxidation sites excluding steroid dienone is 5. The molecular formula is C18H33O7P3. The summed E-state index contributed by atoms with van der Waals surface area (Å²) < 4.78 is 45.5. The highest BCUT2D eigenvalue weighted by Gasteiger charge is 2.49. The van der Waals surface area contributed by atoms with Gasteiger partial charge in [0.2, 0.25) is 0 Å². The molecule has 1 rings (SSSR count). The van der Waals surface area contributed by atoms with Crippen LogP contribution in [0.2, 0.25) is 0 Å². The molecule has 0 aromatic rings. The van der Waals surface area contributed by atoms with E-state index in [1.807, 2.05) is 13.0 Å². The molecule has 7 nitrogen and oxygen atoms in total. The number of ether oxygens (including phenoxy) is 1. The van der Waals surface area contributed by atoms with Crippen LogP contribution in [0.15, 0.2) is 34.9 Å². The molecule has 1 fully saturated rings. The zero-order chi connectivity index (χ0) is 21.4. The summed E-state index contributed by atoms with van der Waals surface area (Å²) in [5, 5.41) is 0. The summed E-state index contributed by atoms with van der Waals surface area (Å²) in [7, 11) is -12.0. The first-order valence-corrected chi connectivity index (χ1v) is 15.1. The molecule has 0 bridgehead atoms. The van der Waals surface area contributed by atoms with Gasteiger partial charge in [0.05, 0.1) is 6.61 Å². The van der Waals surface area contributed by atoms with E-state index in [4.69, 9.17) is 4.74 Å². The van der Waals surface area contributed by atoms with Gasteiger partial charge in [0.25, 0.3) is 0 Å². The maximum atomic E-state index is 12.6. The van der Waals surface area contributed by atoms with Crippen LogP contribution in [0.3, 0.4) is 0 Å². The third-order valence-corrected chi connectivity index (χ3v) is 13.8. The summed E-state index contributed by atoms with van der Waals surface area (Å²) in [5.74, 6) is -1.24. The van der Waals surface area contributed by atoms with E-state index in [0.29, 0.717) is 0 Å². The molecule has 0 aromatic carbocycles. The lowest BCUT2D eigenvalue weighted by Gasteiger charge is -2.28. The van der Waals surface area contributed by atoms with E-state index in [1.54, 1.807) is 0 Å². The van der Waals surface area contributed by atoms with Gasteiger partial charge in [-0.2, -0.15) is 0 Å². The zero-order valence-electron chi connectivity index (χ0n) is 17.2. The van der Waals surface area contributed by atoms with Crippen molar-refractivity contribution in [1.82, 2.24) is 0 Å². The topological polar surface area (TPSA) is 110 Å². The standard InChI is InChI=1S/C18H33O7P3/c1-16(2)7-5-8-17(3)9-6-10-18(4)11-12-24-13-26(19)14-27(20,21)25-28(22,23)15-26/h7,9,11H,5-6,8,10,12-15H2,1-4H3,(H,20,21)(H,22,23). The number of hydrogen-bond donors (Lipinski definition) is 2. The Morgan fingerprint density at radius 3 is 1.93 bits per heavy atom. The lowest BCUT2D eigenvalue weighted by atomic mass is 10.1. The summed E-state index contributed by atoms with van der Waals surface area (Å²) in [6.07, 6.45) is 9.95. The largest absolute Gasteiger partial charge is 0.370 e. The van der Waals surface area contributed by atoms with Gasteiger partial charge in [-0.15, -0.1) is 0 Å². The molecule has 2 atom stereocenters. The van der Waals surface area contributed by atoms with Crippen molar-refractivity contribution in [3.05, 3.63) is 34.9 Å². The molecule has 10 heteroatoms. The third-order valence-electron chi connectivity index (χ3n) is 4.13. The maximum Gasteiger partial charge on any atom is 0.342 e. The van der Waals surface area contributed by atoms with Crippen LogP contribution in [-0.4, -0.2) is 34.5 Å². The van der Waals surface area contributed by atoms with Crippen LogP contribution in [0.4, 0.5) is 0 Å². The van der Waals surface area contributed by atoms with Crippen molar-refractivity contribution >= 4 is 22.3 Å². The highest BCUT2D eigenvalue weighted by atomic mass is 31.3. The van der Waals surface area contributed by atoms with E-state index >= 15 is 0 Å². The van der Waals surface area contributed by atoms with Gasteiger partial charge >= 0.3 is 15.2 Å². The van der Waals surface area contributed by atoms with Crippen molar-refractivity contribution in [2.75, 3.05) is 24.8 Å². The fourth-order valence-electron chi connectivity index (χ4n) is 2.79. The Hall–Kier alpha value is -0.250. The minimum absolute atomic E-state index is 0.200. The van der Waals surface area contributed by atoms with Crippen LogP contribution < -0.4 is 0 Å². The summed E-state index contributed by atoms with van der Waals surface area (Å²) in [6.45, 7) is 8.51. The smallest absolute Gasteiger partial charge is 0.342 e. The van der Waals surface area contributed by atoms with E-state index in [1.165, 1.54) is 11.1 Å². The van der Waals surface area contributed by atoms with Crippen LogP contribution in [0.1, 0.15) is 53.4 Å². The highest BCUT2D eigenvalue weighted by Crippen LogP contribution is 2.76. The number of hydrogen-bond acceptors (Lipinski definition) is 5. The maximum absolute atomic E-state index is 12.6. The molecule has 2 unspecified atom stereocenters.